The molecule has 1 heterocycles. The number of ether oxygens (including phenoxy) is 1. The van der Waals surface area contributed by atoms with E-state index in [1.807, 2.05) is 19.1 Å². The second kappa shape index (κ2) is 7.38. The molecule has 0 atom stereocenters. The number of amides is 1. The molecule has 4 nitrogen and oxygen atoms in total. The molecular weight excluding hydrogens is 271 g/mol. The van der Waals surface area contributed by atoms with Gasteiger partial charge in [0.25, 0.3) is 0 Å². The molecule has 0 aliphatic rings. The fraction of sp³-hybridized carbons (Fsp3) is 0.250. The van der Waals surface area contributed by atoms with Gasteiger partial charge in [-0.05, 0) is 49.7 Å². The zero-order valence-corrected chi connectivity index (χ0v) is 11.8. The second-order valence-electron chi connectivity index (χ2n) is 4.62. The summed E-state index contributed by atoms with van der Waals surface area (Å²) in [6.45, 7) is 2.27. The molecule has 1 N–H and O–H groups in total. The molecule has 0 aliphatic carbocycles. The van der Waals surface area contributed by atoms with Crippen LogP contribution in [-0.4, -0.2) is 17.5 Å². The summed E-state index contributed by atoms with van der Waals surface area (Å²) in [5, 5.41) is 2.73. The maximum Gasteiger partial charge on any atom is 0.225 e. The van der Waals surface area contributed by atoms with Crippen LogP contribution in [0.2, 0.25) is 0 Å². The Morgan fingerprint density at radius 2 is 2.00 bits per heavy atom. The summed E-state index contributed by atoms with van der Waals surface area (Å²) >= 11 is 0. The largest absolute Gasteiger partial charge is 0.494 e. The number of halogens is 1. The van der Waals surface area contributed by atoms with Crippen LogP contribution in [0, 0.1) is 12.7 Å². The van der Waals surface area contributed by atoms with Crippen molar-refractivity contribution in [3.8, 4) is 5.75 Å². The second-order valence-corrected chi connectivity index (χ2v) is 4.62. The number of aryl methyl sites for hydroxylation is 1. The van der Waals surface area contributed by atoms with Gasteiger partial charge in [-0.25, -0.2) is 9.37 Å². The van der Waals surface area contributed by atoms with Crippen LogP contribution in [0.4, 0.5) is 10.2 Å². The zero-order valence-electron chi connectivity index (χ0n) is 11.8. The molecule has 1 amide bonds. The SMILES string of the molecule is Cc1cccc(NC(=O)CCCOc2ccc(F)cc2)n1. The minimum absolute atomic E-state index is 0.101. The van der Waals surface area contributed by atoms with Crippen molar-refractivity contribution < 1.29 is 13.9 Å². The van der Waals surface area contributed by atoms with E-state index < -0.39 is 0 Å². The Labute approximate surface area is 123 Å². The molecule has 0 radical (unpaired) electrons. The van der Waals surface area contributed by atoms with Crippen LogP contribution in [0.25, 0.3) is 0 Å². The third-order valence-corrected chi connectivity index (χ3v) is 2.79. The number of hydrogen-bond donors (Lipinski definition) is 1. The van der Waals surface area contributed by atoms with Crippen molar-refractivity contribution >= 4 is 11.7 Å². The van der Waals surface area contributed by atoms with Crippen molar-refractivity contribution in [1.82, 2.24) is 4.98 Å². The average molecular weight is 288 g/mol. The lowest BCUT2D eigenvalue weighted by Gasteiger charge is -2.07. The Bertz CT molecular complexity index is 599. The molecule has 1 aromatic carbocycles. The number of hydrogen-bond acceptors (Lipinski definition) is 3. The fourth-order valence-corrected chi connectivity index (χ4v) is 1.77. The Morgan fingerprint density at radius 1 is 1.24 bits per heavy atom. The smallest absolute Gasteiger partial charge is 0.225 e. The number of anilines is 1. The van der Waals surface area contributed by atoms with E-state index in [9.17, 15) is 9.18 Å². The lowest BCUT2D eigenvalue weighted by atomic mass is 10.3. The van der Waals surface area contributed by atoms with Gasteiger partial charge < -0.3 is 10.1 Å². The molecule has 1 aromatic heterocycles. The minimum atomic E-state index is -0.299. The van der Waals surface area contributed by atoms with Crippen molar-refractivity contribution in [3.05, 3.63) is 54.0 Å². The topological polar surface area (TPSA) is 51.2 Å². The molecule has 21 heavy (non-hydrogen) atoms. The first kappa shape index (κ1) is 15.0. The number of pyridine rings is 1. The van der Waals surface area contributed by atoms with Crippen molar-refractivity contribution in [2.45, 2.75) is 19.8 Å². The van der Waals surface area contributed by atoms with Gasteiger partial charge in [0, 0.05) is 12.1 Å². The summed E-state index contributed by atoms with van der Waals surface area (Å²) in [7, 11) is 0. The molecule has 0 fully saturated rings. The van der Waals surface area contributed by atoms with Crippen molar-refractivity contribution in [3.63, 3.8) is 0 Å². The van der Waals surface area contributed by atoms with Gasteiger partial charge in [0.15, 0.2) is 0 Å². The quantitative estimate of drug-likeness (QED) is 0.829. The maximum atomic E-state index is 12.7. The zero-order chi connectivity index (χ0) is 15.1. The molecule has 2 aromatic rings. The molecule has 0 bridgehead atoms. The van der Waals surface area contributed by atoms with Gasteiger partial charge in [-0.15, -0.1) is 0 Å². The Balaban J connectivity index is 1.68. The first-order valence-electron chi connectivity index (χ1n) is 6.75. The highest BCUT2D eigenvalue weighted by molar-refractivity contribution is 5.89. The maximum absolute atomic E-state index is 12.7. The summed E-state index contributed by atoms with van der Waals surface area (Å²) in [4.78, 5) is 15.9. The van der Waals surface area contributed by atoms with Crippen molar-refractivity contribution in [2.24, 2.45) is 0 Å². The minimum Gasteiger partial charge on any atom is -0.494 e. The van der Waals surface area contributed by atoms with E-state index in [1.54, 1.807) is 18.2 Å². The Kier molecular flexibility index (Phi) is 5.26. The lowest BCUT2D eigenvalue weighted by molar-refractivity contribution is -0.116. The van der Waals surface area contributed by atoms with Gasteiger partial charge in [0.2, 0.25) is 5.91 Å². The van der Waals surface area contributed by atoms with E-state index in [-0.39, 0.29) is 11.7 Å². The van der Waals surface area contributed by atoms with E-state index in [0.717, 1.165) is 5.69 Å². The monoisotopic (exact) mass is 288 g/mol. The summed E-state index contributed by atoms with van der Waals surface area (Å²) in [5.74, 6) is 0.750. The van der Waals surface area contributed by atoms with Crippen molar-refractivity contribution in [1.29, 1.82) is 0 Å². The molecule has 110 valence electrons. The van der Waals surface area contributed by atoms with Gasteiger partial charge in [0.05, 0.1) is 6.61 Å². The van der Waals surface area contributed by atoms with Crippen LogP contribution >= 0.6 is 0 Å². The number of nitrogens with zero attached hydrogens (tertiary/aromatic N) is 1. The standard InChI is InChI=1S/C16H17FN2O2/c1-12-4-2-5-15(18-12)19-16(20)6-3-11-21-14-9-7-13(17)8-10-14/h2,4-5,7-10H,3,6,11H2,1H3,(H,18,19,20). The first-order valence-corrected chi connectivity index (χ1v) is 6.75. The third-order valence-electron chi connectivity index (χ3n) is 2.79. The summed E-state index contributed by atoms with van der Waals surface area (Å²) < 4.78 is 18.1. The van der Waals surface area contributed by atoms with Gasteiger partial charge >= 0.3 is 0 Å². The number of aromatic nitrogens is 1. The van der Waals surface area contributed by atoms with Crippen LogP contribution in [0.15, 0.2) is 42.5 Å². The highest BCUT2D eigenvalue weighted by atomic mass is 19.1. The molecule has 0 unspecified atom stereocenters. The molecular formula is C16H17FN2O2. The van der Waals surface area contributed by atoms with Crippen LogP contribution in [0.1, 0.15) is 18.5 Å². The number of nitrogens with one attached hydrogen (secondary N) is 1. The van der Waals surface area contributed by atoms with Crippen LogP contribution in [0.3, 0.4) is 0 Å². The molecule has 5 heteroatoms. The van der Waals surface area contributed by atoms with Crippen LogP contribution < -0.4 is 10.1 Å². The molecule has 0 saturated carbocycles. The first-order chi connectivity index (χ1) is 10.1. The normalized spacial score (nSPS) is 10.2. The third kappa shape index (κ3) is 5.22. The summed E-state index contributed by atoms with van der Waals surface area (Å²) in [5.41, 5.74) is 0.854. The predicted octanol–water partition coefficient (Wildman–Crippen LogP) is 3.33. The average Bonchev–Trinajstić information content (AvgIpc) is 2.45. The highest BCUT2D eigenvalue weighted by Crippen LogP contribution is 2.11. The van der Waals surface area contributed by atoms with E-state index >= 15 is 0 Å². The van der Waals surface area contributed by atoms with E-state index in [1.165, 1.54) is 12.1 Å². The van der Waals surface area contributed by atoms with Crippen molar-refractivity contribution in [2.75, 3.05) is 11.9 Å². The molecule has 0 saturated heterocycles. The van der Waals surface area contributed by atoms with E-state index in [4.69, 9.17) is 4.74 Å². The molecule has 0 spiro atoms. The summed E-state index contributed by atoms with van der Waals surface area (Å²) in [6.07, 6.45) is 0.922. The lowest BCUT2D eigenvalue weighted by Crippen LogP contribution is -2.13. The predicted molar refractivity (Wildman–Crippen MR) is 78.7 cm³/mol. The number of carbonyl (C=O) groups is 1. The Morgan fingerprint density at radius 3 is 2.71 bits per heavy atom. The Hall–Kier alpha value is -2.43. The van der Waals surface area contributed by atoms with Gasteiger partial charge in [-0.1, -0.05) is 6.07 Å². The van der Waals surface area contributed by atoms with Crippen LogP contribution in [-0.2, 0) is 4.79 Å². The van der Waals surface area contributed by atoms with Crippen LogP contribution in [0.5, 0.6) is 5.75 Å². The van der Waals surface area contributed by atoms with E-state index in [2.05, 4.69) is 10.3 Å². The summed E-state index contributed by atoms with van der Waals surface area (Å²) in [6, 6.07) is 11.3. The highest BCUT2D eigenvalue weighted by Gasteiger charge is 2.03. The van der Waals surface area contributed by atoms with Gasteiger partial charge in [-0.3, -0.25) is 4.79 Å². The molecule has 0 aliphatic heterocycles. The number of carbonyl (C=O) groups excluding carboxylic acids is 1. The fourth-order valence-electron chi connectivity index (χ4n) is 1.77. The van der Waals surface area contributed by atoms with Gasteiger partial charge in [-0.2, -0.15) is 0 Å². The molecule has 2 rings (SSSR count). The number of benzene rings is 1. The van der Waals surface area contributed by atoms with Gasteiger partial charge in [0.1, 0.15) is 17.4 Å². The number of rotatable bonds is 6. The van der Waals surface area contributed by atoms with E-state index in [0.29, 0.717) is 31.0 Å².